The summed E-state index contributed by atoms with van der Waals surface area (Å²) >= 11 is 0. The molecule has 4 nitrogen and oxygen atoms in total. The fraction of sp³-hybridized carbons (Fsp3) is 0.714. The van der Waals surface area contributed by atoms with Crippen molar-refractivity contribution >= 4 is 5.95 Å². The predicted octanol–water partition coefficient (Wildman–Crippen LogP) is 1.45. The highest BCUT2D eigenvalue weighted by molar-refractivity contribution is 5.39. The van der Waals surface area contributed by atoms with Crippen LogP contribution in [0.15, 0.2) is 0 Å². The highest BCUT2D eigenvalue weighted by atomic mass is 15.3. The van der Waals surface area contributed by atoms with Crippen molar-refractivity contribution in [3.63, 3.8) is 0 Å². The van der Waals surface area contributed by atoms with Crippen LogP contribution < -0.4 is 10.6 Å². The van der Waals surface area contributed by atoms with Gasteiger partial charge >= 0.3 is 0 Å². The molecule has 1 aromatic rings. The van der Waals surface area contributed by atoms with Gasteiger partial charge < -0.3 is 10.6 Å². The Bertz CT molecular complexity index is 457. The summed E-state index contributed by atoms with van der Waals surface area (Å²) in [4.78, 5) is 11.7. The molecule has 4 heteroatoms. The number of fused-ring (bicyclic) bond motifs is 1. The first-order valence-electron chi connectivity index (χ1n) is 7.00. The van der Waals surface area contributed by atoms with Gasteiger partial charge in [-0.1, -0.05) is 6.92 Å². The molecule has 2 N–H and O–H groups in total. The van der Waals surface area contributed by atoms with Gasteiger partial charge in [0.1, 0.15) is 0 Å². The average molecular weight is 246 g/mol. The van der Waals surface area contributed by atoms with Gasteiger partial charge in [-0.05, 0) is 44.1 Å². The molecule has 0 bridgehead atoms. The monoisotopic (exact) mass is 246 g/mol. The van der Waals surface area contributed by atoms with Crippen LogP contribution in [0.25, 0.3) is 0 Å². The van der Waals surface area contributed by atoms with E-state index in [2.05, 4.69) is 18.7 Å². The Morgan fingerprint density at radius 3 is 2.83 bits per heavy atom. The third-order valence-electron chi connectivity index (χ3n) is 4.22. The fourth-order valence-electron chi connectivity index (χ4n) is 3.06. The number of nitrogens with zero attached hydrogens (tertiary/aromatic N) is 3. The molecule has 1 fully saturated rings. The quantitative estimate of drug-likeness (QED) is 0.815. The summed E-state index contributed by atoms with van der Waals surface area (Å²) < 4.78 is 0. The van der Waals surface area contributed by atoms with Gasteiger partial charge in [0.2, 0.25) is 5.95 Å². The first-order valence-corrected chi connectivity index (χ1v) is 7.00. The van der Waals surface area contributed by atoms with E-state index in [-0.39, 0.29) is 6.04 Å². The second kappa shape index (κ2) is 4.50. The van der Waals surface area contributed by atoms with Crippen molar-refractivity contribution in [3.05, 3.63) is 17.0 Å². The molecule has 1 aromatic heterocycles. The Morgan fingerprint density at radius 2 is 2.11 bits per heavy atom. The highest BCUT2D eigenvalue weighted by Gasteiger charge is 2.25. The number of nitrogens with two attached hydrogens (primary N) is 1. The minimum absolute atomic E-state index is 0.282. The molecule has 0 aromatic carbocycles. The lowest BCUT2D eigenvalue weighted by atomic mass is 9.87. The van der Waals surface area contributed by atoms with Crippen molar-refractivity contribution in [2.75, 3.05) is 18.0 Å². The van der Waals surface area contributed by atoms with Crippen molar-refractivity contribution in [2.24, 2.45) is 11.7 Å². The fourth-order valence-corrected chi connectivity index (χ4v) is 3.06. The third-order valence-corrected chi connectivity index (χ3v) is 4.22. The molecule has 2 atom stereocenters. The number of anilines is 1. The maximum Gasteiger partial charge on any atom is 0.225 e. The molecule has 0 spiro atoms. The van der Waals surface area contributed by atoms with E-state index in [0.29, 0.717) is 0 Å². The molecule has 1 aliphatic carbocycles. The van der Waals surface area contributed by atoms with Crippen LogP contribution in [0, 0.1) is 12.8 Å². The summed E-state index contributed by atoms with van der Waals surface area (Å²) in [6.45, 7) is 6.33. The number of aromatic nitrogens is 2. The molecule has 2 heterocycles. The Labute approximate surface area is 109 Å². The normalized spacial score (nSPS) is 27.4. The van der Waals surface area contributed by atoms with Crippen molar-refractivity contribution in [3.8, 4) is 0 Å². The minimum atomic E-state index is 0.282. The van der Waals surface area contributed by atoms with Gasteiger partial charge in [0.05, 0.1) is 0 Å². The zero-order valence-electron chi connectivity index (χ0n) is 11.3. The van der Waals surface area contributed by atoms with Gasteiger partial charge in [-0.3, -0.25) is 0 Å². The molecule has 3 rings (SSSR count). The first kappa shape index (κ1) is 11.9. The van der Waals surface area contributed by atoms with Crippen LogP contribution in [0.3, 0.4) is 0 Å². The number of hydrogen-bond donors (Lipinski definition) is 1. The highest BCUT2D eigenvalue weighted by Crippen LogP contribution is 2.28. The molecular weight excluding hydrogens is 224 g/mol. The Kier molecular flexibility index (Phi) is 2.98. The Morgan fingerprint density at radius 1 is 1.28 bits per heavy atom. The van der Waals surface area contributed by atoms with E-state index in [1.807, 2.05) is 0 Å². The molecule has 0 radical (unpaired) electrons. The largest absolute Gasteiger partial charge is 0.339 e. The van der Waals surface area contributed by atoms with Crippen LogP contribution >= 0.6 is 0 Å². The molecule has 0 amide bonds. The summed E-state index contributed by atoms with van der Waals surface area (Å²) in [5.41, 5.74) is 9.79. The zero-order chi connectivity index (χ0) is 12.7. The summed E-state index contributed by atoms with van der Waals surface area (Å²) in [7, 11) is 0. The molecule has 2 unspecified atom stereocenters. The molecule has 1 aliphatic heterocycles. The molecule has 1 saturated heterocycles. The first-order chi connectivity index (χ1) is 8.63. The average Bonchev–Trinajstić information content (AvgIpc) is 2.77. The smallest absolute Gasteiger partial charge is 0.225 e. The van der Waals surface area contributed by atoms with Crippen molar-refractivity contribution in [2.45, 2.75) is 45.6 Å². The predicted molar refractivity (Wildman–Crippen MR) is 72.8 cm³/mol. The lowest BCUT2D eigenvalue weighted by molar-refractivity contribution is 0.489. The summed E-state index contributed by atoms with van der Waals surface area (Å²) in [5, 5.41) is 0. The van der Waals surface area contributed by atoms with Crippen LogP contribution in [0.4, 0.5) is 5.95 Å². The van der Waals surface area contributed by atoms with E-state index in [9.17, 15) is 0 Å². The lowest BCUT2D eigenvalue weighted by Gasteiger charge is -2.24. The second-order valence-electron chi connectivity index (χ2n) is 5.88. The van der Waals surface area contributed by atoms with Gasteiger partial charge in [-0.2, -0.15) is 0 Å². The summed E-state index contributed by atoms with van der Waals surface area (Å²) in [6.07, 6.45) is 4.55. The maximum atomic E-state index is 5.96. The van der Waals surface area contributed by atoms with Crippen LogP contribution in [-0.4, -0.2) is 29.1 Å². The molecule has 18 heavy (non-hydrogen) atoms. The second-order valence-corrected chi connectivity index (χ2v) is 5.88. The summed E-state index contributed by atoms with van der Waals surface area (Å²) in [6, 6.07) is 0.282. The van der Waals surface area contributed by atoms with Gasteiger partial charge in [0.15, 0.2) is 0 Å². The van der Waals surface area contributed by atoms with E-state index in [4.69, 9.17) is 15.7 Å². The van der Waals surface area contributed by atoms with Gasteiger partial charge in [0.25, 0.3) is 0 Å². The van der Waals surface area contributed by atoms with Crippen molar-refractivity contribution < 1.29 is 0 Å². The van der Waals surface area contributed by atoms with Gasteiger partial charge in [0, 0.05) is 30.5 Å². The molecular formula is C14H22N4. The van der Waals surface area contributed by atoms with Crippen molar-refractivity contribution in [1.82, 2.24) is 9.97 Å². The Hall–Kier alpha value is -1.16. The van der Waals surface area contributed by atoms with E-state index in [0.717, 1.165) is 44.2 Å². The SMILES string of the molecule is Cc1nc(N2CCC(N)C2)nc2c1CC(C)CC2. The maximum absolute atomic E-state index is 5.96. The lowest BCUT2D eigenvalue weighted by Crippen LogP contribution is -2.28. The number of hydrogen-bond acceptors (Lipinski definition) is 4. The molecule has 2 aliphatic rings. The van der Waals surface area contributed by atoms with E-state index < -0.39 is 0 Å². The zero-order valence-corrected chi connectivity index (χ0v) is 11.3. The van der Waals surface area contributed by atoms with E-state index in [1.54, 1.807) is 0 Å². The topological polar surface area (TPSA) is 55.0 Å². The summed E-state index contributed by atoms with van der Waals surface area (Å²) in [5.74, 6) is 1.67. The van der Waals surface area contributed by atoms with Crippen LogP contribution in [0.2, 0.25) is 0 Å². The van der Waals surface area contributed by atoms with Crippen LogP contribution in [0.1, 0.15) is 36.7 Å². The standard InChI is InChI=1S/C14H22N4/c1-9-3-4-13-12(7-9)10(2)16-14(17-13)18-6-5-11(15)8-18/h9,11H,3-8,15H2,1-2H3. The van der Waals surface area contributed by atoms with Gasteiger partial charge in [-0.25, -0.2) is 9.97 Å². The minimum Gasteiger partial charge on any atom is -0.339 e. The number of aryl methyl sites for hydroxylation is 2. The number of rotatable bonds is 1. The molecule has 0 saturated carbocycles. The third kappa shape index (κ3) is 2.09. The van der Waals surface area contributed by atoms with E-state index >= 15 is 0 Å². The van der Waals surface area contributed by atoms with Crippen molar-refractivity contribution in [1.29, 1.82) is 0 Å². The molecule has 98 valence electrons. The Balaban J connectivity index is 1.92. The van der Waals surface area contributed by atoms with E-state index in [1.165, 1.54) is 23.4 Å². The van der Waals surface area contributed by atoms with Gasteiger partial charge in [-0.15, -0.1) is 0 Å². The van der Waals surface area contributed by atoms with Crippen LogP contribution in [0.5, 0.6) is 0 Å². The van der Waals surface area contributed by atoms with Crippen LogP contribution in [-0.2, 0) is 12.8 Å².